The highest BCUT2D eigenvalue weighted by Gasteiger charge is 1.98. The number of hydrogen-bond donors (Lipinski definition) is 1. The van der Waals surface area contributed by atoms with Crippen molar-refractivity contribution in [3.05, 3.63) is 48.4 Å². The minimum atomic E-state index is 0.742. The van der Waals surface area contributed by atoms with Crippen molar-refractivity contribution in [1.82, 2.24) is 9.97 Å². The van der Waals surface area contributed by atoms with Gasteiger partial charge in [-0.1, -0.05) is 24.3 Å². The van der Waals surface area contributed by atoms with Gasteiger partial charge in [-0.25, -0.2) is 0 Å². The summed E-state index contributed by atoms with van der Waals surface area (Å²) in [5, 5.41) is 0. The Hall–Kier alpha value is -1.74. The van der Waals surface area contributed by atoms with Gasteiger partial charge in [0, 0.05) is 18.0 Å². The van der Waals surface area contributed by atoms with Crippen molar-refractivity contribution < 1.29 is 0 Å². The number of rotatable bonds is 4. The lowest BCUT2D eigenvalue weighted by molar-refractivity contribution is 0.833. The van der Waals surface area contributed by atoms with Crippen molar-refractivity contribution in [3.8, 4) is 11.3 Å². The molecule has 0 atom stereocenters. The lowest BCUT2D eigenvalue weighted by atomic mass is 10.1. The zero-order valence-electron chi connectivity index (χ0n) is 9.13. The molecule has 0 spiro atoms. The number of aryl methyl sites for hydroxylation is 1. The summed E-state index contributed by atoms with van der Waals surface area (Å²) >= 11 is 0. The molecule has 2 aromatic rings. The summed E-state index contributed by atoms with van der Waals surface area (Å²) in [6, 6.07) is 8.41. The third kappa shape index (κ3) is 2.64. The van der Waals surface area contributed by atoms with Crippen LogP contribution in [0.3, 0.4) is 0 Å². The third-order valence-corrected chi connectivity index (χ3v) is 2.48. The van der Waals surface area contributed by atoms with E-state index >= 15 is 0 Å². The Morgan fingerprint density at radius 3 is 2.50 bits per heavy atom. The first-order valence-corrected chi connectivity index (χ1v) is 5.45. The highest BCUT2D eigenvalue weighted by atomic mass is 14.8. The van der Waals surface area contributed by atoms with E-state index in [1.165, 1.54) is 5.56 Å². The van der Waals surface area contributed by atoms with Crippen LogP contribution in [0, 0.1) is 0 Å². The van der Waals surface area contributed by atoms with E-state index in [9.17, 15) is 0 Å². The standard InChI is InChI=1S/C13H15N3/c14-7-1-2-11-3-5-12(6-4-11)13-10-15-8-9-16-13/h3-6,8-10H,1-2,7,14H2. The molecular weight excluding hydrogens is 198 g/mol. The second-order valence-corrected chi connectivity index (χ2v) is 3.68. The Balaban J connectivity index is 2.13. The molecule has 16 heavy (non-hydrogen) atoms. The van der Waals surface area contributed by atoms with E-state index in [0.717, 1.165) is 30.6 Å². The number of aromatic nitrogens is 2. The summed E-state index contributed by atoms with van der Waals surface area (Å²) in [4.78, 5) is 8.31. The molecule has 0 radical (unpaired) electrons. The van der Waals surface area contributed by atoms with Gasteiger partial charge in [0.15, 0.2) is 0 Å². The fourth-order valence-corrected chi connectivity index (χ4v) is 1.60. The average molecular weight is 213 g/mol. The Bertz CT molecular complexity index is 423. The second kappa shape index (κ2) is 5.37. The highest BCUT2D eigenvalue weighted by Crippen LogP contribution is 2.16. The lowest BCUT2D eigenvalue weighted by Gasteiger charge is -2.02. The third-order valence-electron chi connectivity index (χ3n) is 2.48. The van der Waals surface area contributed by atoms with Gasteiger partial charge in [-0.3, -0.25) is 9.97 Å². The maximum atomic E-state index is 5.48. The predicted octanol–water partition coefficient (Wildman–Crippen LogP) is 2.03. The van der Waals surface area contributed by atoms with Gasteiger partial charge in [-0.05, 0) is 24.9 Å². The van der Waals surface area contributed by atoms with E-state index in [2.05, 4.69) is 34.2 Å². The van der Waals surface area contributed by atoms with Crippen molar-refractivity contribution in [1.29, 1.82) is 0 Å². The van der Waals surface area contributed by atoms with Crippen LogP contribution < -0.4 is 5.73 Å². The molecule has 0 aliphatic carbocycles. The smallest absolute Gasteiger partial charge is 0.0885 e. The van der Waals surface area contributed by atoms with E-state index in [-0.39, 0.29) is 0 Å². The van der Waals surface area contributed by atoms with Crippen molar-refractivity contribution in [2.75, 3.05) is 6.54 Å². The van der Waals surface area contributed by atoms with Gasteiger partial charge in [0.1, 0.15) is 0 Å². The van der Waals surface area contributed by atoms with Crippen LogP contribution in [-0.2, 0) is 6.42 Å². The summed E-state index contributed by atoms with van der Waals surface area (Å²) < 4.78 is 0. The van der Waals surface area contributed by atoms with Crippen LogP contribution in [0.4, 0.5) is 0 Å². The predicted molar refractivity (Wildman–Crippen MR) is 64.8 cm³/mol. The first kappa shape index (κ1) is 10.8. The van der Waals surface area contributed by atoms with Crippen LogP contribution in [-0.4, -0.2) is 16.5 Å². The van der Waals surface area contributed by atoms with Crippen LogP contribution in [0.15, 0.2) is 42.9 Å². The van der Waals surface area contributed by atoms with E-state index in [0.29, 0.717) is 0 Å². The van der Waals surface area contributed by atoms with Gasteiger partial charge in [0.2, 0.25) is 0 Å². The van der Waals surface area contributed by atoms with Crippen molar-refractivity contribution in [2.45, 2.75) is 12.8 Å². The van der Waals surface area contributed by atoms with Crippen LogP contribution in [0.1, 0.15) is 12.0 Å². The second-order valence-electron chi connectivity index (χ2n) is 3.68. The van der Waals surface area contributed by atoms with E-state index in [4.69, 9.17) is 5.73 Å². The van der Waals surface area contributed by atoms with Crippen LogP contribution in [0.25, 0.3) is 11.3 Å². The highest BCUT2D eigenvalue weighted by molar-refractivity contribution is 5.58. The molecule has 2 rings (SSSR count). The molecule has 0 fully saturated rings. The minimum Gasteiger partial charge on any atom is -0.330 e. The SMILES string of the molecule is NCCCc1ccc(-c2cnccn2)cc1. The Kier molecular flexibility index (Phi) is 3.62. The van der Waals surface area contributed by atoms with Crippen molar-refractivity contribution >= 4 is 0 Å². The fourth-order valence-electron chi connectivity index (χ4n) is 1.60. The minimum absolute atomic E-state index is 0.742. The van der Waals surface area contributed by atoms with E-state index < -0.39 is 0 Å². The molecule has 0 unspecified atom stereocenters. The quantitative estimate of drug-likeness (QED) is 0.845. The molecule has 0 aliphatic rings. The van der Waals surface area contributed by atoms with Crippen LogP contribution in [0.2, 0.25) is 0 Å². The monoisotopic (exact) mass is 213 g/mol. The molecule has 0 amide bonds. The maximum Gasteiger partial charge on any atom is 0.0885 e. The first-order valence-electron chi connectivity index (χ1n) is 5.45. The van der Waals surface area contributed by atoms with Crippen molar-refractivity contribution in [3.63, 3.8) is 0 Å². The molecule has 0 saturated carbocycles. The Morgan fingerprint density at radius 2 is 1.88 bits per heavy atom. The molecule has 0 bridgehead atoms. The molecule has 1 aromatic carbocycles. The summed E-state index contributed by atoms with van der Waals surface area (Å²) in [5.41, 5.74) is 8.81. The normalized spacial score (nSPS) is 10.3. The van der Waals surface area contributed by atoms with Gasteiger partial charge in [0.05, 0.1) is 11.9 Å². The molecule has 82 valence electrons. The maximum absolute atomic E-state index is 5.48. The molecule has 0 saturated heterocycles. The van der Waals surface area contributed by atoms with Crippen LogP contribution >= 0.6 is 0 Å². The summed E-state index contributed by atoms with van der Waals surface area (Å²) in [6.07, 6.45) is 7.23. The van der Waals surface area contributed by atoms with Gasteiger partial charge in [0.25, 0.3) is 0 Å². The van der Waals surface area contributed by atoms with Gasteiger partial charge < -0.3 is 5.73 Å². The topological polar surface area (TPSA) is 51.8 Å². The Morgan fingerprint density at radius 1 is 1.06 bits per heavy atom. The van der Waals surface area contributed by atoms with Crippen LogP contribution in [0.5, 0.6) is 0 Å². The largest absolute Gasteiger partial charge is 0.330 e. The Labute approximate surface area is 95.4 Å². The molecule has 1 heterocycles. The molecule has 1 aromatic heterocycles. The molecule has 2 N–H and O–H groups in total. The number of nitrogens with two attached hydrogens (primary N) is 1. The molecular formula is C13H15N3. The molecule has 3 nitrogen and oxygen atoms in total. The van der Waals surface area contributed by atoms with E-state index in [1.807, 2.05) is 0 Å². The number of benzene rings is 1. The van der Waals surface area contributed by atoms with Gasteiger partial charge in [-0.15, -0.1) is 0 Å². The zero-order valence-corrected chi connectivity index (χ0v) is 9.13. The summed E-state index contributed by atoms with van der Waals surface area (Å²) in [7, 11) is 0. The lowest BCUT2D eigenvalue weighted by Crippen LogP contribution is -2.00. The number of nitrogens with zero attached hydrogens (tertiary/aromatic N) is 2. The van der Waals surface area contributed by atoms with Crippen molar-refractivity contribution in [2.24, 2.45) is 5.73 Å². The van der Waals surface area contributed by atoms with Gasteiger partial charge >= 0.3 is 0 Å². The molecule has 3 heteroatoms. The van der Waals surface area contributed by atoms with E-state index in [1.54, 1.807) is 18.6 Å². The summed E-state index contributed by atoms with van der Waals surface area (Å²) in [5.74, 6) is 0. The summed E-state index contributed by atoms with van der Waals surface area (Å²) in [6.45, 7) is 0.742. The van der Waals surface area contributed by atoms with Gasteiger partial charge in [-0.2, -0.15) is 0 Å². The first-order chi connectivity index (χ1) is 7.90. The molecule has 0 aliphatic heterocycles. The average Bonchev–Trinajstić information content (AvgIpc) is 2.38. The zero-order chi connectivity index (χ0) is 11.2. The number of hydrogen-bond acceptors (Lipinski definition) is 3. The fraction of sp³-hybridized carbons (Fsp3) is 0.231.